The molecule has 0 radical (unpaired) electrons. The molecule has 0 saturated heterocycles. The first-order valence-corrected chi connectivity index (χ1v) is 7.70. The SMILES string of the molecule is Cc1[nH]n(-c2c(F)c(F)c(F)c(F)c2F)c(=O)c1C=NCc1ccccc1. The molecule has 0 aliphatic rings. The molecular weight excluding hydrogens is 369 g/mol. The number of aromatic nitrogens is 2. The van der Waals surface area contributed by atoms with Crippen molar-refractivity contribution in [2.75, 3.05) is 0 Å². The van der Waals surface area contributed by atoms with Crippen molar-refractivity contribution in [2.24, 2.45) is 4.99 Å². The van der Waals surface area contributed by atoms with Gasteiger partial charge in [-0.1, -0.05) is 30.3 Å². The highest BCUT2D eigenvalue weighted by Gasteiger charge is 2.28. The zero-order valence-corrected chi connectivity index (χ0v) is 13.9. The van der Waals surface area contributed by atoms with E-state index in [0.29, 0.717) is 0 Å². The number of rotatable bonds is 4. The van der Waals surface area contributed by atoms with E-state index in [1.54, 1.807) is 0 Å². The average Bonchev–Trinajstić information content (AvgIpc) is 2.94. The first kappa shape index (κ1) is 18.6. The second-order valence-electron chi connectivity index (χ2n) is 5.66. The fourth-order valence-electron chi connectivity index (χ4n) is 2.48. The fraction of sp³-hybridized carbons (Fsp3) is 0.111. The number of hydrogen-bond donors (Lipinski definition) is 1. The van der Waals surface area contributed by atoms with Gasteiger partial charge in [0.05, 0.1) is 12.1 Å². The zero-order valence-electron chi connectivity index (χ0n) is 13.9. The van der Waals surface area contributed by atoms with Crippen LogP contribution in [0.2, 0.25) is 0 Å². The summed E-state index contributed by atoms with van der Waals surface area (Å²) in [5.41, 5.74) is -1.41. The standard InChI is InChI=1S/C18H12F5N3O/c1-9-11(8-24-7-10-5-3-2-4-6-10)18(27)26(25-9)17-15(22)13(20)12(19)14(21)16(17)23/h2-6,8,25H,7H2,1H3. The van der Waals surface area contributed by atoms with E-state index in [2.05, 4.69) is 10.1 Å². The highest BCUT2D eigenvalue weighted by Crippen LogP contribution is 2.25. The van der Waals surface area contributed by atoms with Gasteiger partial charge in [-0.25, -0.2) is 26.6 Å². The predicted octanol–water partition coefficient (Wildman–Crippen LogP) is 3.79. The summed E-state index contributed by atoms with van der Waals surface area (Å²) in [4.78, 5) is 16.5. The van der Waals surface area contributed by atoms with Crippen LogP contribution >= 0.6 is 0 Å². The van der Waals surface area contributed by atoms with Crippen LogP contribution in [0.5, 0.6) is 0 Å². The lowest BCUT2D eigenvalue weighted by Crippen LogP contribution is -2.21. The van der Waals surface area contributed by atoms with Crippen molar-refractivity contribution in [1.29, 1.82) is 0 Å². The molecule has 3 aromatic rings. The third kappa shape index (κ3) is 3.27. The van der Waals surface area contributed by atoms with Crippen molar-refractivity contribution in [3.05, 3.63) is 86.6 Å². The monoisotopic (exact) mass is 381 g/mol. The molecule has 1 heterocycles. The smallest absolute Gasteiger partial charge is 0.280 e. The summed E-state index contributed by atoms with van der Waals surface area (Å²) in [6.07, 6.45) is 1.18. The molecule has 3 rings (SSSR count). The summed E-state index contributed by atoms with van der Waals surface area (Å²) in [6.45, 7) is 1.65. The van der Waals surface area contributed by atoms with Gasteiger partial charge in [0.2, 0.25) is 5.82 Å². The number of hydrogen-bond acceptors (Lipinski definition) is 2. The van der Waals surface area contributed by atoms with Gasteiger partial charge in [-0.05, 0) is 12.5 Å². The Morgan fingerprint density at radius 2 is 1.52 bits per heavy atom. The van der Waals surface area contributed by atoms with Crippen LogP contribution in [0.4, 0.5) is 22.0 Å². The van der Waals surface area contributed by atoms with Gasteiger partial charge in [-0.15, -0.1) is 0 Å². The lowest BCUT2D eigenvalue weighted by atomic mass is 10.2. The van der Waals surface area contributed by atoms with Crippen molar-refractivity contribution in [2.45, 2.75) is 13.5 Å². The third-order valence-corrected chi connectivity index (χ3v) is 3.86. The predicted molar refractivity (Wildman–Crippen MR) is 88.7 cm³/mol. The maximum absolute atomic E-state index is 13.9. The highest BCUT2D eigenvalue weighted by atomic mass is 19.2. The Kier molecular flexibility index (Phi) is 4.93. The van der Waals surface area contributed by atoms with Crippen LogP contribution in [0.25, 0.3) is 5.69 Å². The van der Waals surface area contributed by atoms with Crippen LogP contribution in [0.3, 0.4) is 0 Å². The van der Waals surface area contributed by atoms with E-state index in [1.807, 2.05) is 30.3 Å². The van der Waals surface area contributed by atoms with E-state index in [-0.39, 0.29) is 22.5 Å². The van der Waals surface area contributed by atoms with E-state index in [1.165, 1.54) is 13.1 Å². The molecule has 0 fully saturated rings. The molecule has 1 N–H and O–H groups in total. The Labute approximate surface area is 149 Å². The molecular formula is C18H12F5N3O. The second-order valence-corrected chi connectivity index (χ2v) is 5.66. The second kappa shape index (κ2) is 7.18. The summed E-state index contributed by atoms with van der Waals surface area (Å²) in [5, 5.41) is 2.31. The summed E-state index contributed by atoms with van der Waals surface area (Å²) < 4.78 is 68.2. The zero-order chi connectivity index (χ0) is 19.7. The number of H-pyrrole nitrogens is 1. The van der Waals surface area contributed by atoms with Crippen molar-refractivity contribution < 1.29 is 22.0 Å². The maximum Gasteiger partial charge on any atom is 0.280 e. The Morgan fingerprint density at radius 3 is 2.11 bits per heavy atom. The van der Waals surface area contributed by atoms with Gasteiger partial charge < -0.3 is 0 Å². The molecule has 9 heteroatoms. The lowest BCUT2D eigenvalue weighted by Gasteiger charge is -2.08. The number of benzene rings is 2. The van der Waals surface area contributed by atoms with E-state index in [9.17, 15) is 26.7 Å². The van der Waals surface area contributed by atoms with Crippen LogP contribution < -0.4 is 5.56 Å². The van der Waals surface area contributed by atoms with Gasteiger partial charge in [-0.2, -0.15) is 0 Å². The molecule has 1 aromatic heterocycles. The summed E-state index contributed by atoms with van der Waals surface area (Å²) in [5.74, 6) is -10.8. The Balaban J connectivity index is 2.04. The van der Waals surface area contributed by atoms with E-state index in [0.717, 1.165) is 5.56 Å². The highest BCUT2D eigenvalue weighted by molar-refractivity contribution is 5.80. The number of nitrogens with zero attached hydrogens (tertiary/aromatic N) is 2. The number of halogens is 5. The summed E-state index contributed by atoms with van der Waals surface area (Å²) in [7, 11) is 0. The Hall–Kier alpha value is -3.23. The normalized spacial score (nSPS) is 11.5. The number of nitrogens with one attached hydrogen (secondary N) is 1. The van der Waals surface area contributed by atoms with Crippen LogP contribution in [0, 0.1) is 36.0 Å². The maximum atomic E-state index is 13.9. The van der Waals surface area contributed by atoms with Gasteiger partial charge in [0, 0.05) is 11.9 Å². The molecule has 0 amide bonds. The average molecular weight is 381 g/mol. The van der Waals surface area contributed by atoms with Crippen molar-refractivity contribution >= 4 is 6.21 Å². The summed E-state index contributed by atoms with van der Waals surface area (Å²) >= 11 is 0. The molecule has 0 aliphatic carbocycles. The first-order chi connectivity index (χ1) is 12.8. The van der Waals surface area contributed by atoms with Crippen LogP contribution in [0.1, 0.15) is 16.8 Å². The van der Waals surface area contributed by atoms with Crippen LogP contribution in [-0.2, 0) is 6.54 Å². The molecule has 27 heavy (non-hydrogen) atoms. The van der Waals surface area contributed by atoms with Crippen molar-refractivity contribution in [3.63, 3.8) is 0 Å². The molecule has 0 saturated carbocycles. The molecule has 0 unspecified atom stereocenters. The molecule has 0 spiro atoms. The molecule has 0 bridgehead atoms. The minimum atomic E-state index is -2.30. The number of aryl methyl sites for hydroxylation is 1. The minimum Gasteiger partial charge on any atom is -0.294 e. The largest absolute Gasteiger partial charge is 0.294 e. The minimum absolute atomic E-state index is 0.0603. The number of aromatic amines is 1. The van der Waals surface area contributed by atoms with Gasteiger partial charge in [0.1, 0.15) is 5.69 Å². The van der Waals surface area contributed by atoms with Gasteiger partial charge >= 0.3 is 0 Å². The van der Waals surface area contributed by atoms with E-state index < -0.39 is 40.3 Å². The van der Waals surface area contributed by atoms with Crippen LogP contribution in [-0.4, -0.2) is 16.0 Å². The molecule has 2 aromatic carbocycles. The number of aliphatic imine (C=N–C) groups is 1. The fourth-order valence-corrected chi connectivity index (χ4v) is 2.48. The van der Waals surface area contributed by atoms with Gasteiger partial charge in [-0.3, -0.25) is 14.9 Å². The Bertz CT molecular complexity index is 1060. The molecule has 0 atom stereocenters. The van der Waals surface area contributed by atoms with Crippen molar-refractivity contribution in [1.82, 2.24) is 9.78 Å². The summed E-state index contributed by atoms with van der Waals surface area (Å²) in [6, 6.07) is 9.07. The molecule has 0 aliphatic heterocycles. The lowest BCUT2D eigenvalue weighted by molar-refractivity contribution is 0.373. The quantitative estimate of drug-likeness (QED) is 0.318. The molecule has 140 valence electrons. The molecule has 4 nitrogen and oxygen atoms in total. The first-order valence-electron chi connectivity index (χ1n) is 7.70. The van der Waals surface area contributed by atoms with Gasteiger partial charge in [0.15, 0.2) is 23.3 Å². The van der Waals surface area contributed by atoms with E-state index >= 15 is 0 Å². The van der Waals surface area contributed by atoms with Crippen molar-refractivity contribution in [3.8, 4) is 5.69 Å². The topological polar surface area (TPSA) is 50.1 Å². The Morgan fingerprint density at radius 1 is 0.963 bits per heavy atom. The third-order valence-electron chi connectivity index (χ3n) is 3.86. The van der Waals surface area contributed by atoms with Crippen LogP contribution in [0.15, 0.2) is 40.1 Å². The van der Waals surface area contributed by atoms with Gasteiger partial charge in [0.25, 0.3) is 5.56 Å². The van der Waals surface area contributed by atoms with E-state index in [4.69, 9.17) is 0 Å².